The van der Waals surface area contributed by atoms with Crippen LogP contribution in [0.2, 0.25) is 0 Å². The van der Waals surface area contributed by atoms with E-state index in [2.05, 4.69) is 67.3 Å². The van der Waals surface area contributed by atoms with Gasteiger partial charge < -0.3 is 20.3 Å². The van der Waals surface area contributed by atoms with Gasteiger partial charge in [0.2, 0.25) is 0 Å². The molecular weight excluding hydrogens is 434 g/mol. The maximum absolute atomic E-state index is 12.8. The van der Waals surface area contributed by atoms with Gasteiger partial charge in [-0.1, -0.05) is 54.7 Å². The van der Waals surface area contributed by atoms with Crippen LogP contribution in [-0.4, -0.2) is 41.0 Å². The lowest BCUT2D eigenvalue weighted by molar-refractivity contribution is -0.0495. The van der Waals surface area contributed by atoms with Crippen LogP contribution in [0.5, 0.6) is 5.75 Å². The summed E-state index contributed by atoms with van der Waals surface area (Å²) in [6, 6.07) is 1.52. The van der Waals surface area contributed by atoms with Gasteiger partial charge in [-0.3, -0.25) is 0 Å². The third-order valence-electron chi connectivity index (χ3n) is 5.35. The molecule has 5 nitrogen and oxygen atoms in total. The van der Waals surface area contributed by atoms with Crippen LogP contribution in [0, 0.1) is 5.41 Å². The van der Waals surface area contributed by atoms with Crippen molar-refractivity contribution in [1.82, 2.24) is 14.8 Å². The number of nitrogens with two attached hydrogens (primary N) is 1. The smallest absolute Gasteiger partial charge is 0.387 e. The van der Waals surface area contributed by atoms with Crippen molar-refractivity contribution < 1.29 is 13.5 Å². The fourth-order valence-corrected chi connectivity index (χ4v) is 3.83. The van der Waals surface area contributed by atoms with Crippen molar-refractivity contribution in [3.63, 3.8) is 0 Å². The van der Waals surface area contributed by atoms with Gasteiger partial charge in [0.1, 0.15) is 0 Å². The number of rotatable bonds is 15. The highest BCUT2D eigenvalue weighted by Gasteiger charge is 2.19. The highest BCUT2D eigenvalue weighted by molar-refractivity contribution is 5.68. The first-order chi connectivity index (χ1) is 15.9. The number of nitrogen functional groups attached to an aromatic ring is 1. The molecule has 1 rings (SSSR count). The van der Waals surface area contributed by atoms with Crippen LogP contribution in [-0.2, 0) is 0 Å². The molecule has 0 saturated heterocycles. The molecule has 0 unspecified atom stereocenters. The second kappa shape index (κ2) is 14.1. The Balaban J connectivity index is 3.29. The van der Waals surface area contributed by atoms with Crippen molar-refractivity contribution in [3.8, 4) is 5.75 Å². The average molecular weight is 479 g/mol. The third kappa shape index (κ3) is 10.2. The average Bonchev–Trinajstić information content (AvgIpc) is 2.73. The fraction of sp³-hybridized carbons (Fsp3) is 0.593. The van der Waals surface area contributed by atoms with Crippen molar-refractivity contribution in [2.24, 2.45) is 5.41 Å². The summed E-state index contributed by atoms with van der Waals surface area (Å²) < 4.78 is 30.2. The number of halogens is 2. The summed E-state index contributed by atoms with van der Waals surface area (Å²) in [5, 5.41) is 0. The van der Waals surface area contributed by atoms with E-state index in [0.717, 1.165) is 62.3 Å². The van der Waals surface area contributed by atoms with Crippen LogP contribution in [0.15, 0.2) is 43.0 Å². The van der Waals surface area contributed by atoms with Gasteiger partial charge in [-0.15, -0.1) is 0 Å². The number of alkyl halides is 2. The molecule has 0 aliphatic rings. The number of allylic oxidation sites excluding steroid dienone is 2. The Hall–Kier alpha value is -2.41. The number of nitrogens with zero attached hydrogens (tertiary/aromatic N) is 3. The molecule has 2 N–H and O–H groups in total. The maximum Gasteiger partial charge on any atom is 0.387 e. The van der Waals surface area contributed by atoms with E-state index in [-0.39, 0.29) is 17.0 Å². The molecule has 0 aliphatic carbocycles. The van der Waals surface area contributed by atoms with Gasteiger partial charge in [0, 0.05) is 42.3 Å². The molecular formula is C27H44F2N4O. The minimum absolute atomic E-state index is 0.0489. The standard InChI is InChI=1S/C27H44F2N4O/c1-9-13-32(14-10-2)15-12-20(4)33(21(5)17-27(6,7)8)19-22(11-3)23-16-24(34-26(28)29)25(30)31-18-23/h16,18-19,26H,4-5,9-15,17H2,1-3,6-8H3,(H2,30,31)/b22-19+. The predicted octanol–water partition coefficient (Wildman–Crippen LogP) is 7.29. The summed E-state index contributed by atoms with van der Waals surface area (Å²) in [5.74, 6) is -0.189. The van der Waals surface area contributed by atoms with Crippen molar-refractivity contribution in [3.05, 3.63) is 48.6 Å². The second-order valence-corrected chi connectivity index (χ2v) is 9.83. The van der Waals surface area contributed by atoms with Gasteiger partial charge in [-0.05, 0) is 55.8 Å². The summed E-state index contributed by atoms with van der Waals surface area (Å²) in [7, 11) is 0. The summed E-state index contributed by atoms with van der Waals surface area (Å²) in [6.45, 7) is 21.7. The van der Waals surface area contributed by atoms with E-state index in [1.165, 1.54) is 6.07 Å². The molecule has 1 aromatic heterocycles. The molecule has 1 heterocycles. The van der Waals surface area contributed by atoms with Crippen LogP contribution < -0.4 is 10.5 Å². The summed E-state index contributed by atoms with van der Waals surface area (Å²) in [5.41, 5.74) is 9.25. The number of aromatic nitrogens is 1. The molecule has 7 heteroatoms. The lowest BCUT2D eigenvalue weighted by Crippen LogP contribution is -2.29. The van der Waals surface area contributed by atoms with E-state index in [9.17, 15) is 8.78 Å². The van der Waals surface area contributed by atoms with Crippen molar-refractivity contribution in [1.29, 1.82) is 0 Å². The number of pyridine rings is 1. The summed E-state index contributed by atoms with van der Waals surface area (Å²) in [6.07, 6.45) is 8.05. The lowest BCUT2D eigenvalue weighted by atomic mass is 9.90. The molecule has 0 bridgehead atoms. The van der Waals surface area contributed by atoms with E-state index >= 15 is 0 Å². The van der Waals surface area contributed by atoms with Crippen LogP contribution >= 0.6 is 0 Å². The normalized spacial score (nSPS) is 12.4. The Labute approximate surface area is 205 Å². The molecule has 0 amide bonds. The van der Waals surface area contributed by atoms with Gasteiger partial charge in [0.25, 0.3) is 0 Å². The Morgan fingerprint density at radius 3 is 2.24 bits per heavy atom. The Morgan fingerprint density at radius 1 is 1.12 bits per heavy atom. The highest BCUT2D eigenvalue weighted by Crippen LogP contribution is 2.32. The zero-order valence-electron chi connectivity index (χ0n) is 22.0. The van der Waals surface area contributed by atoms with Crippen LogP contribution in [0.25, 0.3) is 5.57 Å². The Morgan fingerprint density at radius 2 is 1.74 bits per heavy atom. The molecule has 1 aromatic rings. The summed E-state index contributed by atoms with van der Waals surface area (Å²) >= 11 is 0. The molecule has 34 heavy (non-hydrogen) atoms. The number of anilines is 1. The van der Waals surface area contributed by atoms with E-state index in [4.69, 9.17) is 5.73 Å². The van der Waals surface area contributed by atoms with E-state index in [1.54, 1.807) is 6.20 Å². The van der Waals surface area contributed by atoms with Gasteiger partial charge in [-0.2, -0.15) is 8.78 Å². The molecule has 0 fully saturated rings. The van der Waals surface area contributed by atoms with E-state index in [1.807, 2.05) is 13.1 Å². The Kier molecular flexibility index (Phi) is 12.3. The van der Waals surface area contributed by atoms with Crippen molar-refractivity contribution >= 4 is 11.4 Å². The minimum Gasteiger partial charge on any atom is -0.431 e. The maximum atomic E-state index is 12.8. The number of hydrogen-bond donors (Lipinski definition) is 1. The first kappa shape index (κ1) is 29.6. The zero-order chi connectivity index (χ0) is 25.9. The summed E-state index contributed by atoms with van der Waals surface area (Å²) in [4.78, 5) is 8.58. The fourth-order valence-electron chi connectivity index (χ4n) is 3.83. The number of hydrogen-bond acceptors (Lipinski definition) is 5. The predicted molar refractivity (Wildman–Crippen MR) is 139 cm³/mol. The lowest BCUT2D eigenvalue weighted by Gasteiger charge is -2.32. The Bertz CT molecular complexity index is 824. The van der Waals surface area contributed by atoms with E-state index < -0.39 is 6.61 Å². The van der Waals surface area contributed by atoms with Crippen LogP contribution in [0.3, 0.4) is 0 Å². The van der Waals surface area contributed by atoms with Crippen molar-refractivity contribution in [2.75, 3.05) is 25.4 Å². The zero-order valence-corrected chi connectivity index (χ0v) is 22.0. The SMILES string of the molecule is C=C(CCN(CCC)CCC)N(/C=C(\CC)c1cnc(N)c(OC(F)F)c1)C(=C)CC(C)(C)C. The first-order valence-corrected chi connectivity index (χ1v) is 12.2. The molecule has 0 radical (unpaired) electrons. The largest absolute Gasteiger partial charge is 0.431 e. The minimum atomic E-state index is -2.97. The molecule has 0 saturated carbocycles. The van der Waals surface area contributed by atoms with Gasteiger partial charge in [-0.25, -0.2) is 4.98 Å². The molecule has 192 valence electrons. The quantitative estimate of drug-likeness (QED) is 0.287. The van der Waals surface area contributed by atoms with Crippen LogP contribution in [0.4, 0.5) is 14.6 Å². The number of ether oxygens (including phenoxy) is 1. The van der Waals surface area contributed by atoms with Gasteiger partial charge in [0.15, 0.2) is 11.6 Å². The van der Waals surface area contributed by atoms with E-state index in [0.29, 0.717) is 12.0 Å². The van der Waals surface area contributed by atoms with Gasteiger partial charge in [0.05, 0.1) is 0 Å². The second-order valence-electron chi connectivity index (χ2n) is 9.83. The monoisotopic (exact) mass is 478 g/mol. The molecule has 0 atom stereocenters. The topological polar surface area (TPSA) is 54.6 Å². The van der Waals surface area contributed by atoms with Crippen molar-refractivity contribution in [2.45, 2.75) is 80.3 Å². The molecule has 0 aliphatic heterocycles. The van der Waals surface area contributed by atoms with Gasteiger partial charge >= 0.3 is 6.61 Å². The molecule has 0 spiro atoms. The van der Waals surface area contributed by atoms with Crippen LogP contribution in [0.1, 0.15) is 79.2 Å². The highest BCUT2D eigenvalue weighted by atomic mass is 19.3. The first-order valence-electron chi connectivity index (χ1n) is 12.2. The molecule has 0 aromatic carbocycles. The third-order valence-corrected chi connectivity index (χ3v) is 5.35.